The topological polar surface area (TPSA) is 67.3 Å². The van der Waals surface area contributed by atoms with E-state index in [1.807, 2.05) is 59.5 Å². The van der Waals surface area contributed by atoms with E-state index in [1.165, 1.54) is 5.56 Å². The zero-order valence-corrected chi connectivity index (χ0v) is 24.6. The molecule has 6 nitrogen and oxygen atoms in total. The van der Waals surface area contributed by atoms with E-state index in [0.29, 0.717) is 27.7 Å². The molecule has 0 aliphatic carbocycles. The van der Waals surface area contributed by atoms with E-state index < -0.39 is 0 Å². The third-order valence-corrected chi connectivity index (χ3v) is 8.58. The summed E-state index contributed by atoms with van der Waals surface area (Å²) in [4.78, 5) is 25.3. The monoisotopic (exact) mass is 590 g/mol. The molecule has 1 N–H and O–H groups in total. The van der Waals surface area contributed by atoms with Crippen LogP contribution in [0, 0.1) is 0 Å². The number of carbonyl (C=O) groups excluding carboxylic acids is 1. The number of thiocarbonyl (C=S) groups is 1. The van der Waals surface area contributed by atoms with Crippen LogP contribution in [0.3, 0.4) is 0 Å². The minimum Gasteiger partial charge on any atom is -0.432 e. The maximum atomic E-state index is 13.2. The number of aromatic nitrogens is 2. The molecule has 6 aromatic carbocycles. The van der Waals surface area contributed by atoms with Crippen LogP contribution in [0.4, 0.5) is 11.4 Å². The number of fused-ring (bicyclic) bond motifs is 8. The first kappa shape index (κ1) is 26.2. The molecule has 212 valence electrons. The van der Waals surface area contributed by atoms with Crippen LogP contribution in [0.1, 0.15) is 22.8 Å². The third kappa shape index (κ3) is 4.41. The maximum Gasteiger partial charge on any atom is 0.269 e. The van der Waals surface area contributed by atoms with Crippen LogP contribution >= 0.6 is 12.2 Å². The first-order valence-corrected chi connectivity index (χ1v) is 15.0. The zero-order chi connectivity index (χ0) is 29.8. The summed E-state index contributed by atoms with van der Waals surface area (Å²) in [6, 6.07) is 37.6. The van der Waals surface area contributed by atoms with E-state index in [0.717, 1.165) is 50.2 Å². The van der Waals surface area contributed by atoms with Crippen LogP contribution in [-0.2, 0) is 6.42 Å². The fraction of sp³-hybridized carbons (Fsp3) is 0.0811. The molecule has 0 saturated carbocycles. The first-order valence-electron chi connectivity index (χ1n) is 14.5. The number of amides is 1. The maximum absolute atomic E-state index is 13.2. The second-order valence-corrected chi connectivity index (χ2v) is 11.5. The van der Waals surface area contributed by atoms with Gasteiger partial charge in [-0.3, -0.25) is 9.69 Å². The van der Waals surface area contributed by atoms with Crippen molar-refractivity contribution < 1.29 is 9.53 Å². The number of benzene rings is 6. The molecule has 1 aliphatic heterocycles. The number of hydrogen-bond donors (Lipinski definition) is 1. The molecule has 1 amide bonds. The number of rotatable bonds is 3. The Morgan fingerprint density at radius 2 is 1.39 bits per heavy atom. The number of anilines is 2. The second-order valence-electron chi connectivity index (χ2n) is 11.1. The molecule has 0 unspecified atom stereocenters. The van der Waals surface area contributed by atoms with Gasteiger partial charge in [0, 0.05) is 33.8 Å². The van der Waals surface area contributed by atoms with Gasteiger partial charge in [0.1, 0.15) is 5.75 Å². The molecule has 1 aliphatic rings. The minimum absolute atomic E-state index is 0.215. The SMILES string of the molecule is C[C@@H]1Cc2ccccc2N1C(=S)Oc1ccc(C(=O)Nc2ccc3nc4c5ccccc5c5ccccc5c4nc3c2)cc1. The van der Waals surface area contributed by atoms with Crippen LogP contribution in [0.25, 0.3) is 43.6 Å². The summed E-state index contributed by atoms with van der Waals surface area (Å²) in [5.74, 6) is 0.349. The van der Waals surface area contributed by atoms with Gasteiger partial charge < -0.3 is 10.1 Å². The largest absolute Gasteiger partial charge is 0.432 e. The van der Waals surface area contributed by atoms with Gasteiger partial charge in [-0.1, -0.05) is 66.7 Å². The van der Waals surface area contributed by atoms with E-state index in [-0.39, 0.29) is 11.9 Å². The molecule has 2 heterocycles. The second kappa shape index (κ2) is 10.4. The third-order valence-electron chi connectivity index (χ3n) is 8.30. The van der Waals surface area contributed by atoms with E-state index in [4.69, 9.17) is 26.9 Å². The molecule has 0 fully saturated rings. The Bertz CT molecular complexity index is 2280. The lowest BCUT2D eigenvalue weighted by atomic mass is 9.99. The molecule has 8 rings (SSSR count). The molecular formula is C37H26N4O2S. The molecule has 44 heavy (non-hydrogen) atoms. The number of hydrogen-bond acceptors (Lipinski definition) is 5. The van der Waals surface area contributed by atoms with Gasteiger partial charge in [0.2, 0.25) is 0 Å². The van der Waals surface area contributed by atoms with Gasteiger partial charge in [-0.2, -0.15) is 0 Å². The van der Waals surface area contributed by atoms with Crippen LogP contribution in [0.15, 0.2) is 115 Å². The molecule has 0 saturated heterocycles. The summed E-state index contributed by atoms with van der Waals surface area (Å²) < 4.78 is 6.03. The van der Waals surface area contributed by atoms with Crippen molar-refractivity contribution in [2.45, 2.75) is 19.4 Å². The molecule has 1 aromatic heterocycles. The van der Waals surface area contributed by atoms with Crippen molar-refractivity contribution in [3.05, 3.63) is 126 Å². The fourth-order valence-corrected chi connectivity index (χ4v) is 6.60. The number of ether oxygens (including phenoxy) is 1. The van der Waals surface area contributed by atoms with Crippen LogP contribution in [0.2, 0.25) is 0 Å². The van der Waals surface area contributed by atoms with E-state index in [9.17, 15) is 4.79 Å². The zero-order valence-electron chi connectivity index (χ0n) is 23.8. The Morgan fingerprint density at radius 3 is 2.09 bits per heavy atom. The summed E-state index contributed by atoms with van der Waals surface area (Å²) >= 11 is 5.65. The Morgan fingerprint density at radius 1 is 0.773 bits per heavy atom. The molecule has 1 atom stereocenters. The summed E-state index contributed by atoms with van der Waals surface area (Å²) in [6.45, 7) is 2.13. The Labute approximate surface area is 258 Å². The van der Waals surface area contributed by atoms with Crippen molar-refractivity contribution in [3.63, 3.8) is 0 Å². The van der Waals surface area contributed by atoms with Crippen molar-refractivity contribution in [1.29, 1.82) is 0 Å². The highest BCUT2D eigenvalue weighted by Gasteiger charge is 2.29. The van der Waals surface area contributed by atoms with Crippen LogP contribution in [0.5, 0.6) is 5.75 Å². The minimum atomic E-state index is -0.231. The van der Waals surface area contributed by atoms with Crippen molar-refractivity contribution in [3.8, 4) is 5.75 Å². The Balaban J connectivity index is 1.04. The molecule has 0 bridgehead atoms. The molecule has 0 radical (unpaired) electrons. The number of para-hydroxylation sites is 1. The average molecular weight is 591 g/mol. The molecule has 7 heteroatoms. The van der Waals surface area contributed by atoms with Gasteiger partial charge in [-0.15, -0.1) is 0 Å². The smallest absolute Gasteiger partial charge is 0.269 e. The van der Waals surface area contributed by atoms with E-state index in [1.54, 1.807) is 24.3 Å². The lowest BCUT2D eigenvalue weighted by Crippen LogP contribution is -2.37. The number of carbonyl (C=O) groups is 1. The Hall–Kier alpha value is -5.40. The standard InChI is InChI=1S/C37H26N4O2S/c1-22-20-24-8-2-7-13-33(24)41(22)37(44)43-26-17-14-23(15-18-26)36(42)38-25-16-19-31-32(21-25)40-35-30-12-6-4-10-28(30)27-9-3-5-11-29(27)34(35)39-31/h2-19,21-22H,20H2,1H3,(H,38,42)/t22-/m1/s1. The van der Waals surface area contributed by atoms with E-state index in [2.05, 4.69) is 48.6 Å². The highest BCUT2D eigenvalue weighted by atomic mass is 32.1. The van der Waals surface area contributed by atoms with Gasteiger partial charge >= 0.3 is 0 Å². The van der Waals surface area contributed by atoms with Gasteiger partial charge in [0.25, 0.3) is 11.1 Å². The molecular weight excluding hydrogens is 565 g/mol. The van der Waals surface area contributed by atoms with Gasteiger partial charge in [0.05, 0.1) is 22.1 Å². The average Bonchev–Trinajstić information content (AvgIpc) is 3.40. The fourth-order valence-electron chi connectivity index (χ4n) is 6.23. The van der Waals surface area contributed by atoms with Crippen molar-refractivity contribution in [2.75, 3.05) is 10.2 Å². The van der Waals surface area contributed by atoms with Crippen molar-refractivity contribution >= 4 is 78.3 Å². The Kier molecular flexibility index (Phi) is 6.20. The highest BCUT2D eigenvalue weighted by molar-refractivity contribution is 7.80. The normalized spacial score (nSPS) is 14.3. The van der Waals surface area contributed by atoms with Gasteiger partial charge in [-0.05, 0) is 90.4 Å². The van der Waals surface area contributed by atoms with Crippen LogP contribution < -0.4 is 15.0 Å². The lowest BCUT2D eigenvalue weighted by Gasteiger charge is -2.24. The summed E-state index contributed by atoms with van der Waals surface area (Å²) in [5, 5.41) is 7.82. The summed E-state index contributed by atoms with van der Waals surface area (Å²) in [7, 11) is 0. The molecule has 7 aromatic rings. The van der Waals surface area contributed by atoms with Gasteiger partial charge in [-0.25, -0.2) is 9.97 Å². The molecule has 0 spiro atoms. The number of nitrogens with zero attached hydrogens (tertiary/aromatic N) is 3. The summed E-state index contributed by atoms with van der Waals surface area (Å²) in [5.41, 5.74) is 6.68. The highest BCUT2D eigenvalue weighted by Crippen LogP contribution is 2.35. The predicted molar refractivity (Wildman–Crippen MR) is 182 cm³/mol. The predicted octanol–water partition coefficient (Wildman–Crippen LogP) is 8.46. The van der Waals surface area contributed by atoms with Crippen molar-refractivity contribution in [2.24, 2.45) is 0 Å². The van der Waals surface area contributed by atoms with E-state index >= 15 is 0 Å². The van der Waals surface area contributed by atoms with Crippen molar-refractivity contribution in [1.82, 2.24) is 9.97 Å². The van der Waals surface area contributed by atoms with Crippen LogP contribution in [-0.4, -0.2) is 27.1 Å². The quantitative estimate of drug-likeness (QED) is 0.127. The summed E-state index contributed by atoms with van der Waals surface area (Å²) in [6.07, 6.45) is 0.920. The first-order chi connectivity index (χ1) is 21.5. The number of nitrogens with one attached hydrogen (secondary N) is 1. The lowest BCUT2D eigenvalue weighted by molar-refractivity contribution is 0.102. The van der Waals surface area contributed by atoms with Gasteiger partial charge in [0.15, 0.2) is 0 Å².